The van der Waals surface area contributed by atoms with Gasteiger partial charge >= 0.3 is 5.97 Å². The van der Waals surface area contributed by atoms with Crippen molar-refractivity contribution in [1.82, 2.24) is 24.8 Å². The first-order valence-corrected chi connectivity index (χ1v) is 18.1. The minimum absolute atomic E-state index is 0.0113. The number of nitrogens with zero attached hydrogens (tertiary/aromatic N) is 6. The van der Waals surface area contributed by atoms with Crippen LogP contribution in [-0.4, -0.2) is 121 Å². The number of likely N-dealkylation sites (tertiary alicyclic amines) is 1. The van der Waals surface area contributed by atoms with E-state index in [-0.39, 0.29) is 31.6 Å². The van der Waals surface area contributed by atoms with Crippen LogP contribution in [0.25, 0.3) is 22.2 Å². The van der Waals surface area contributed by atoms with Gasteiger partial charge in [0.2, 0.25) is 16.7 Å². The Labute approximate surface area is 294 Å². The van der Waals surface area contributed by atoms with Gasteiger partial charge in [-0.1, -0.05) is 12.1 Å². The second kappa shape index (κ2) is 14.6. The van der Waals surface area contributed by atoms with Crippen LogP contribution in [0.2, 0.25) is 0 Å². The van der Waals surface area contributed by atoms with E-state index in [4.69, 9.17) is 5.11 Å². The highest BCUT2D eigenvalue weighted by Crippen LogP contribution is 2.33. The molecule has 2 aromatic carbocycles. The van der Waals surface area contributed by atoms with Crippen LogP contribution in [0.1, 0.15) is 35.2 Å². The maximum absolute atomic E-state index is 15.9. The summed E-state index contributed by atoms with van der Waals surface area (Å²) < 4.78 is 69.7. The van der Waals surface area contributed by atoms with Gasteiger partial charge < -0.3 is 15.0 Å². The molecule has 3 aliphatic heterocycles. The van der Waals surface area contributed by atoms with E-state index < -0.39 is 51.7 Å². The molecular weight excluding hydrogens is 687 g/mol. The Balaban J connectivity index is 1.06. The molecule has 0 spiro atoms. The third kappa shape index (κ3) is 7.18. The van der Waals surface area contributed by atoms with Crippen LogP contribution in [0.3, 0.4) is 0 Å². The molecule has 4 aromatic rings. The molecular formula is C35H38F3N7O5S. The minimum atomic E-state index is -3.47. The largest absolute Gasteiger partial charge is 0.480 e. The number of piperidine rings is 1. The molecule has 3 saturated heterocycles. The third-order valence-corrected chi connectivity index (χ3v) is 10.9. The first-order valence-electron chi connectivity index (χ1n) is 16.9. The number of carbonyl (C=O) groups excluding carboxylic acids is 1. The highest BCUT2D eigenvalue weighted by molar-refractivity contribution is 7.73. The van der Waals surface area contributed by atoms with Crippen molar-refractivity contribution in [1.29, 1.82) is 0 Å². The summed E-state index contributed by atoms with van der Waals surface area (Å²) in [5.41, 5.74) is 1.37. The van der Waals surface area contributed by atoms with Crippen molar-refractivity contribution in [3.63, 3.8) is 0 Å². The number of anilines is 2. The van der Waals surface area contributed by atoms with Crippen molar-refractivity contribution in [3.8, 4) is 11.1 Å². The number of hydrogen-bond acceptors (Lipinski definition) is 9. The number of aromatic nitrogens is 2. The van der Waals surface area contributed by atoms with Gasteiger partial charge in [0.05, 0.1) is 18.7 Å². The monoisotopic (exact) mass is 725 g/mol. The summed E-state index contributed by atoms with van der Waals surface area (Å²) in [6.07, 6.45) is 3.64. The number of carbonyl (C=O) groups is 2. The SMILES string of the molecule is O=C(O)CN1CCC(N2CCN(c3ccc(-c4cnc5[nH]cc(C(=O)c6c(F)ccc(N(N7CC[C@@H](F)C7)[SH](=O)=O)c6F)c5c4)cc3)CC2)CC1. The highest BCUT2D eigenvalue weighted by atomic mass is 32.2. The van der Waals surface area contributed by atoms with E-state index in [1.165, 1.54) is 6.20 Å². The van der Waals surface area contributed by atoms with Crippen molar-refractivity contribution in [2.24, 2.45) is 0 Å². The number of halogens is 3. The zero-order valence-corrected chi connectivity index (χ0v) is 28.6. The molecule has 270 valence electrons. The topological polar surface area (TPSA) is 133 Å². The van der Waals surface area contributed by atoms with Crippen molar-refractivity contribution < 1.29 is 36.3 Å². The lowest BCUT2D eigenvalue weighted by Crippen LogP contribution is -2.53. The lowest BCUT2D eigenvalue weighted by Gasteiger charge is -2.43. The van der Waals surface area contributed by atoms with Crippen LogP contribution in [0, 0.1) is 11.6 Å². The Kier molecular flexibility index (Phi) is 10.0. The Morgan fingerprint density at radius 3 is 2.31 bits per heavy atom. The van der Waals surface area contributed by atoms with Crippen molar-refractivity contribution >= 4 is 45.1 Å². The van der Waals surface area contributed by atoms with Crippen LogP contribution in [-0.2, 0) is 15.7 Å². The molecule has 0 aliphatic carbocycles. The summed E-state index contributed by atoms with van der Waals surface area (Å²) in [6.45, 7) is 4.99. The van der Waals surface area contributed by atoms with Gasteiger partial charge in [0.15, 0.2) is 5.82 Å². The molecule has 3 fully saturated rings. The summed E-state index contributed by atoms with van der Waals surface area (Å²) in [5.74, 6) is -4.31. The number of thiol groups is 1. The van der Waals surface area contributed by atoms with E-state index in [9.17, 15) is 22.4 Å². The summed E-state index contributed by atoms with van der Waals surface area (Å²) in [4.78, 5) is 38.9. The predicted molar refractivity (Wildman–Crippen MR) is 186 cm³/mol. The number of pyridine rings is 1. The minimum Gasteiger partial charge on any atom is -0.480 e. The van der Waals surface area contributed by atoms with Crippen LogP contribution in [0.4, 0.5) is 24.5 Å². The Hall–Kier alpha value is -4.51. The van der Waals surface area contributed by atoms with Crippen LogP contribution in [0.5, 0.6) is 0 Å². The number of piperazine rings is 1. The number of carboxylic acid groups (broad SMARTS) is 1. The third-order valence-electron chi connectivity index (χ3n) is 10.1. The first-order chi connectivity index (χ1) is 24.6. The molecule has 51 heavy (non-hydrogen) atoms. The number of fused-ring (bicyclic) bond motifs is 1. The number of rotatable bonds is 10. The summed E-state index contributed by atoms with van der Waals surface area (Å²) in [6, 6.07) is 11.9. The van der Waals surface area contributed by atoms with E-state index in [2.05, 4.69) is 19.8 Å². The fraction of sp³-hybridized carbons (Fsp3) is 0.400. The zero-order chi connectivity index (χ0) is 35.8. The summed E-state index contributed by atoms with van der Waals surface area (Å²) in [7, 11) is -3.47. The Morgan fingerprint density at radius 1 is 0.941 bits per heavy atom. The molecule has 16 heteroatoms. The standard InChI is InChI=1S/C35H38F3N7O5S/c36-24-7-12-44(20-24)45(51(49)50)30-6-5-29(37)32(33(30)38)34(48)28-19-40-35-27(28)17-23(18-39-35)22-1-3-25(4-2-22)42-13-15-43(16-14-42)26-8-10-41(11-9-26)21-31(46)47/h1-6,17-19,24,26,51H,7-16,20-21H2,(H,39,40)(H,46,47)/t24-/m1/s1. The maximum Gasteiger partial charge on any atom is 0.317 e. The molecule has 0 unspecified atom stereocenters. The number of ketones is 1. The lowest BCUT2D eigenvalue weighted by atomic mass is 9.99. The number of hydrogen-bond donors (Lipinski definition) is 3. The number of nitrogens with one attached hydrogen (secondary N) is 1. The van der Waals surface area contributed by atoms with Crippen molar-refractivity contribution in [3.05, 3.63) is 77.6 Å². The van der Waals surface area contributed by atoms with Gasteiger partial charge in [-0.2, -0.15) is 4.41 Å². The number of aliphatic carboxylic acids is 1. The van der Waals surface area contributed by atoms with Crippen molar-refractivity contribution in [2.45, 2.75) is 31.5 Å². The van der Waals surface area contributed by atoms with Gasteiger partial charge in [-0.25, -0.2) is 31.6 Å². The number of aromatic amines is 1. The van der Waals surface area contributed by atoms with E-state index >= 15 is 8.78 Å². The molecule has 0 bridgehead atoms. The Bertz CT molecular complexity index is 2000. The van der Waals surface area contributed by atoms with Gasteiger partial charge in [-0.3, -0.25) is 19.4 Å². The number of carboxylic acids is 1. The summed E-state index contributed by atoms with van der Waals surface area (Å²) >= 11 is 0. The smallest absolute Gasteiger partial charge is 0.317 e. The second-order valence-electron chi connectivity index (χ2n) is 13.2. The Morgan fingerprint density at radius 2 is 1.67 bits per heavy atom. The molecule has 2 aromatic heterocycles. The normalized spacial score (nSPS) is 19.7. The summed E-state index contributed by atoms with van der Waals surface area (Å²) in [5, 5.41) is 10.5. The molecule has 1 atom stereocenters. The highest BCUT2D eigenvalue weighted by Gasteiger charge is 2.33. The number of benzene rings is 2. The molecule has 3 aliphatic rings. The van der Waals surface area contributed by atoms with Gasteiger partial charge in [0, 0.05) is 86.4 Å². The second-order valence-corrected chi connectivity index (χ2v) is 14.1. The molecule has 12 nitrogen and oxygen atoms in total. The number of H-pyrrole nitrogens is 1. The zero-order valence-electron chi connectivity index (χ0n) is 27.7. The fourth-order valence-electron chi connectivity index (χ4n) is 7.45. The molecule has 7 rings (SSSR count). The molecule has 5 heterocycles. The molecule has 0 amide bonds. The first kappa shape index (κ1) is 34.9. The van der Waals surface area contributed by atoms with E-state index in [1.807, 2.05) is 29.2 Å². The van der Waals surface area contributed by atoms with Gasteiger partial charge in [-0.05, 0) is 55.2 Å². The van der Waals surface area contributed by atoms with Gasteiger partial charge in [-0.15, -0.1) is 0 Å². The van der Waals surface area contributed by atoms with Crippen molar-refractivity contribution in [2.75, 3.05) is 68.2 Å². The molecule has 0 radical (unpaired) electrons. The molecule has 0 saturated carbocycles. The van der Waals surface area contributed by atoms with E-state index in [0.29, 0.717) is 27.1 Å². The predicted octanol–water partition coefficient (Wildman–Crippen LogP) is 3.70. The lowest BCUT2D eigenvalue weighted by molar-refractivity contribution is -0.138. The van der Waals surface area contributed by atoms with Crippen LogP contribution >= 0.6 is 0 Å². The van der Waals surface area contributed by atoms with Crippen LogP contribution < -0.4 is 9.31 Å². The van der Waals surface area contributed by atoms with Gasteiger partial charge in [0.1, 0.15) is 23.3 Å². The number of alkyl halides is 1. The van der Waals surface area contributed by atoms with E-state index in [1.54, 1.807) is 12.3 Å². The van der Waals surface area contributed by atoms with Gasteiger partial charge in [0.25, 0.3) is 0 Å². The number of hydrazine groups is 1. The van der Waals surface area contributed by atoms with E-state index in [0.717, 1.165) is 80.5 Å². The maximum atomic E-state index is 15.9. The average molecular weight is 726 g/mol. The van der Waals surface area contributed by atoms with Crippen LogP contribution in [0.15, 0.2) is 54.9 Å². The quantitative estimate of drug-likeness (QED) is 0.164. The fourth-order valence-corrected chi connectivity index (χ4v) is 8.15. The molecule has 2 N–H and O–H groups in total. The average Bonchev–Trinajstić information content (AvgIpc) is 3.75.